The smallest absolute Gasteiger partial charge is 0.239 e. The third-order valence-electron chi connectivity index (χ3n) is 3.78. The minimum Gasteiger partial charge on any atom is -0.374 e. The lowest BCUT2D eigenvalue weighted by Gasteiger charge is -2.22. The minimum absolute atomic E-state index is 0.0155. The van der Waals surface area contributed by atoms with Crippen molar-refractivity contribution in [3.8, 4) is 0 Å². The van der Waals surface area contributed by atoms with Gasteiger partial charge in [-0.1, -0.05) is 19.3 Å². The molecule has 0 spiro atoms. The van der Waals surface area contributed by atoms with Crippen LogP contribution >= 0.6 is 0 Å². The van der Waals surface area contributed by atoms with E-state index in [0.29, 0.717) is 0 Å². The zero-order valence-electron chi connectivity index (χ0n) is 12.6. The molecule has 0 aromatic heterocycles. The number of anilines is 1. The molecule has 1 saturated carbocycles. The molecular formula is C15H21FN2O3S. The van der Waals surface area contributed by atoms with Crippen molar-refractivity contribution in [1.82, 2.24) is 5.32 Å². The molecular weight excluding hydrogens is 307 g/mol. The predicted octanol–water partition coefficient (Wildman–Crippen LogP) is 2.09. The normalized spacial score (nSPS) is 16.3. The molecule has 0 bridgehead atoms. The van der Waals surface area contributed by atoms with E-state index >= 15 is 0 Å². The van der Waals surface area contributed by atoms with Gasteiger partial charge in [-0.05, 0) is 31.0 Å². The minimum atomic E-state index is -3.41. The van der Waals surface area contributed by atoms with E-state index in [4.69, 9.17) is 0 Å². The maximum Gasteiger partial charge on any atom is 0.239 e. The number of hydrogen-bond donors (Lipinski definition) is 2. The highest BCUT2D eigenvalue weighted by Crippen LogP contribution is 2.20. The molecule has 2 N–H and O–H groups in total. The van der Waals surface area contributed by atoms with E-state index in [-0.39, 0.29) is 29.1 Å². The monoisotopic (exact) mass is 328 g/mol. The fourth-order valence-electron chi connectivity index (χ4n) is 2.57. The summed E-state index contributed by atoms with van der Waals surface area (Å²) in [5, 5.41) is 5.57. The first-order valence-corrected chi connectivity index (χ1v) is 9.28. The SMILES string of the molecule is CS(=O)(=O)c1ccc(F)c(NCC(=O)NC2CCCCC2)c1. The molecule has 0 radical (unpaired) electrons. The van der Waals surface area contributed by atoms with Crippen LogP contribution in [-0.4, -0.2) is 33.2 Å². The number of hydrogen-bond acceptors (Lipinski definition) is 4. The van der Waals surface area contributed by atoms with Gasteiger partial charge in [-0.2, -0.15) is 0 Å². The molecule has 1 aliphatic rings. The third-order valence-corrected chi connectivity index (χ3v) is 4.89. The summed E-state index contributed by atoms with van der Waals surface area (Å²) in [5.74, 6) is -0.797. The first-order chi connectivity index (χ1) is 10.4. The van der Waals surface area contributed by atoms with E-state index in [1.807, 2.05) is 0 Å². The van der Waals surface area contributed by atoms with E-state index in [1.54, 1.807) is 0 Å². The summed E-state index contributed by atoms with van der Waals surface area (Å²) in [5.41, 5.74) is 0.0155. The van der Waals surface area contributed by atoms with E-state index in [0.717, 1.165) is 38.0 Å². The molecule has 0 saturated heterocycles. The zero-order chi connectivity index (χ0) is 16.2. The molecule has 1 fully saturated rings. The van der Waals surface area contributed by atoms with Gasteiger partial charge in [0, 0.05) is 12.3 Å². The van der Waals surface area contributed by atoms with Crippen LogP contribution in [-0.2, 0) is 14.6 Å². The molecule has 5 nitrogen and oxygen atoms in total. The second-order valence-electron chi connectivity index (χ2n) is 5.67. The Hall–Kier alpha value is -1.63. The van der Waals surface area contributed by atoms with Gasteiger partial charge in [0.25, 0.3) is 0 Å². The van der Waals surface area contributed by atoms with Gasteiger partial charge in [-0.3, -0.25) is 4.79 Å². The summed E-state index contributed by atoms with van der Waals surface area (Å²) in [4.78, 5) is 11.9. The van der Waals surface area contributed by atoms with E-state index in [2.05, 4.69) is 10.6 Å². The maximum absolute atomic E-state index is 13.7. The van der Waals surface area contributed by atoms with E-state index in [9.17, 15) is 17.6 Å². The average molecular weight is 328 g/mol. The van der Waals surface area contributed by atoms with Gasteiger partial charge in [0.2, 0.25) is 5.91 Å². The molecule has 1 aromatic carbocycles. The van der Waals surface area contributed by atoms with Crippen LogP contribution in [0.1, 0.15) is 32.1 Å². The van der Waals surface area contributed by atoms with E-state index in [1.165, 1.54) is 18.6 Å². The second-order valence-corrected chi connectivity index (χ2v) is 7.69. The summed E-state index contributed by atoms with van der Waals surface area (Å²) >= 11 is 0. The number of amides is 1. The molecule has 2 rings (SSSR count). The molecule has 22 heavy (non-hydrogen) atoms. The number of halogens is 1. The fourth-order valence-corrected chi connectivity index (χ4v) is 3.22. The molecule has 1 aromatic rings. The van der Waals surface area contributed by atoms with Crippen molar-refractivity contribution in [2.75, 3.05) is 18.1 Å². The molecule has 0 aliphatic heterocycles. The van der Waals surface area contributed by atoms with Crippen LogP contribution in [0.5, 0.6) is 0 Å². The van der Waals surface area contributed by atoms with Crippen LogP contribution in [0.4, 0.5) is 10.1 Å². The van der Waals surface area contributed by atoms with Crippen molar-refractivity contribution < 1.29 is 17.6 Å². The Kier molecular flexibility index (Phi) is 5.39. The van der Waals surface area contributed by atoms with Crippen LogP contribution in [0.2, 0.25) is 0 Å². The van der Waals surface area contributed by atoms with Crippen molar-refractivity contribution in [3.05, 3.63) is 24.0 Å². The molecule has 7 heteroatoms. The highest BCUT2D eigenvalue weighted by atomic mass is 32.2. The van der Waals surface area contributed by atoms with Crippen molar-refractivity contribution >= 4 is 21.4 Å². The van der Waals surface area contributed by atoms with Crippen LogP contribution in [0.3, 0.4) is 0 Å². The van der Waals surface area contributed by atoms with Gasteiger partial charge in [-0.15, -0.1) is 0 Å². The van der Waals surface area contributed by atoms with Gasteiger partial charge in [-0.25, -0.2) is 12.8 Å². The molecule has 122 valence electrons. The lowest BCUT2D eigenvalue weighted by molar-refractivity contribution is -0.120. The first-order valence-electron chi connectivity index (χ1n) is 7.39. The highest BCUT2D eigenvalue weighted by molar-refractivity contribution is 7.90. The van der Waals surface area contributed by atoms with Crippen LogP contribution in [0.15, 0.2) is 23.1 Å². The van der Waals surface area contributed by atoms with Gasteiger partial charge in [0.05, 0.1) is 17.1 Å². The van der Waals surface area contributed by atoms with Crippen molar-refractivity contribution in [3.63, 3.8) is 0 Å². The first kappa shape index (κ1) is 16.7. The molecule has 1 aliphatic carbocycles. The Balaban J connectivity index is 1.94. The standard InChI is InChI=1S/C15H21FN2O3S/c1-22(20,21)12-7-8-13(16)14(9-12)17-10-15(19)18-11-5-3-2-4-6-11/h7-9,11,17H,2-6,10H2,1H3,(H,18,19). The second kappa shape index (κ2) is 7.09. The Morgan fingerprint density at radius 2 is 1.95 bits per heavy atom. The quantitative estimate of drug-likeness (QED) is 0.812. The Bertz CT molecular complexity index is 640. The number of sulfone groups is 1. The van der Waals surface area contributed by atoms with Crippen molar-refractivity contribution in [2.45, 2.75) is 43.0 Å². The Labute approximate surface area is 130 Å². The van der Waals surface area contributed by atoms with E-state index < -0.39 is 15.7 Å². The summed E-state index contributed by atoms with van der Waals surface area (Å²) in [7, 11) is -3.41. The van der Waals surface area contributed by atoms with Gasteiger partial charge in [0.1, 0.15) is 5.82 Å². The highest BCUT2D eigenvalue weighted by Gasteiger charge is 2.16. The average Bonchev–Trinajstić information content (AvgIpc) is 2.46. The number of benzene rings is 1. The number of carbonyl (C=O) groups excluding carboxylic acids is 1. The molecule has 0 heterocycles. The maximum atomic E-state index is 13.7. The van der Waals surface area contributed by atoms with Crippen molar-refractivity contribution in [2.24, 2.45) is 0 Å². The fraction of sp³-hybridized carbons (Fsp3) is 0.533. The zero-order valence-corrected chi connectivity index (χ0v) is 13.4. The summed E-state index contributed by atoms with van der Waals surface area (Å²) in [6, 6.07) is 3.68. The van der Waals surface area contributed by atoms with Crippen molar-refractivity contribution in [1.29, 1.82) is 0 Å². The van der Waals surface area contributed by atoms with Crippen LogP contribution in [0.25, 0.3) is 0 Å². The lowest BCUT2D eigenvalue weighted by atomic mass is 9.95. The van der Waals surface area contributed by atoms with Crippen LogP contribution in [0, 0.1) is 5.82 Å². The summed E-state index contributed by atoms with van der Waals surface area (Å²) in [6.07, 6.45) is 6.44. The van der Waals surface area contributed by atoms with Crippen LogP contribution < -0.4 is 10.6 Å². The molecule has 1 amide bonds. The predicted molar refractivity (Wildman–Crippen MR) is 83.0 cm³/mol. The Morgan fingerprint density at radius 1 is 1.27 bits per heavy atom. The number of nitrogens with one attached hydrogen (secondary N) is 2. The third kappa shape index (κ3) is 4.69. The van der Waals surface area contributed by atoms with Gasteiger partial charge >= 0.3 is 0 Å². The number of carbonyl (C=O) groups is 1. The summed E-state index contributed by atoms with van der Waals surface area (Å²) in [6.45, 7) is -0.0827. The van der Waals surface area contributed by atoms with Gasteiger partial charge in [0.15, 0.2) is 9.84 Å². The summed E-state index contributed by atoms with van der Waals surface area (Å²) < 4.78 is 36.6. The molecule has 0 atom stereocenters. The topological polar surface area (TPSA) is 75.3 Å². The lowest BCUT2D eigenvalue weighted by Crippen LogP contribution is -2.39. The largest absolute Gasteiger partial charge is 0.374 e. The van der Waals surface area contributed by atoms with Gasteiger partial charge < -0.3 is 10.6 Å². The Morgan fingerprint density at radius 3 is 2.59 bits per heavy atom. The molecule has 0 unspecified atom stereocenters. The number of rotatable bonds is 5.